The van der Waals surface area contributed by atoms with Crippen LogP contribution in [0.15, 0.2) is 22.5 Å². The Labute approximate surface area is 154 Å². The number of thiophene rings is 1. The van der Waals surface area contributed by atoms with Gasteiger partial charge in [0.2, 0.25) is 5.91 Å². The van der Waals surface area contributed by atoms with Gasteiger partial charge in [0.05, 0.1) is 6.61 Å². The number of aliphatic imine (C=N–C) groups is 1. The summed E-state index contributed by atoms with van der Waals surface area (Å²) in [4.78, 5) is 19.2. The largest absolute Gasteiger partial charge is 0.381 e. The van der Waals surface area contributed by atoms with E-state index in [-0.39, 0.29) is 17.9 Å². The van der Waals surface area contributed by atoms with E-state index in [9.17, 15) is 4.79 Å². The zero-order valence-corrected chi connectivity index (χ0v) is 16.5. The lowest BCUT2D eigenvalue weighted by molar-refractivity contribution is -0.127. The van der Waals surface area contributed by atoms with Gasteiger partial charge >= 0.3 is 0 Å². The van der Waals surface area contributed by atoms with Crippen LogP contribution < -0.4 is 10.6 Å². The van der Waals surface area contributed by atoms with Gasteiger partial charge in [-0.3, -0.25) is 4.79 Å². The second-order valence-electron chi connectivity index (χ2n) is 7.28. The molecule has 25 heavy (non-hydrogen) atoms. The molecule has 1 unspecified atom stereocenters. The van der Waals surface area contributed by atoms with Crippen LogP contribution in [0.2, 0.25) is 0 Å². The molecule has 1 aliphatic heterocycles. The molecule has 1 atom stereocenters. The van der Waals surface area contributed by atoms with E-state index in [1.165, 1.54) is 4.88 Å². The molecular formula is C18H30N4O2S. The summed E-state index contributed by atoms with van der Waals surface area (Å²) in [5.74, 6) is 1.18. The average Bonchev–Trinajstić information content (AvgIpc) is 3.27. The van der Waals surface area contributed by atoms with Gasteiger partial charge in [-0.05, 0) is 17.9 Å². The Kier molecular flexibility index (Phi) is 7.25. The minimum absolute atomic E-state index is 0.00135. The van der Waals surface area contributed by atoms with Crippen molar-refractivity contribution in [2.45, 2.75) is 25.7 Å². The van der Waals surface area contributed by atoms with Crippen molar-refractivity contribution in [1.29, 1.82) is 0 Å². The summed E-state index contributed by atoms with van der Waals surface area (Å²) in [6, 6.07) is 4.23. The molecule has 2 rings (SSSR count). The molecule has 1 aromatic rings. The standard InChI is InChI=1S/C18H30N4O2S/c1-18(2,15-6-5-9-25-15)13-21-17(20-11-16(23)22(3)4)19-10-14-7-8-24-12-14/h5-6,9,14H,7-8,10-13H2,1-4H3,(H2,19,20,21). The smallest absolute Gasteiger partial charge is 0.243 e. The van der Waals surface area contributed by atoms with E-state index in [0.29, 0.717) is 11.9 Å². The van der Waals surface area contributed by atoms with Gasteiger partial charge in [-0.15, -0.1) is 11.3 Å². The van der Waals surface area contributed by atoms with E-state index in [1.807, 2.05) is 0 Å². The van der Waals surface area contributed by atoms with E-state index in [1.54, 1.807) is 30.3 Å². The van der Waals surface area contributed by atoms with Gasteiger partial charge in [-0.1, -0.05) is 19.9 Å². The molecule has 1 saturated heterocycles. The molecule has 1 amide bonds. The van der Waals surface area contributed by atoms with Crippen molar-refractivity contribution < 1.29 is 9.53 Å². The van der Waals surface area contributed by atoms with Crippen LogP contribution in [-0.2, 0) is 14.9 Å². The first-order valence-corrected chi connectivity index (χ1v) is 9.60. The lowest BCUT2D eigenvalue weighted by atomic mass is 9.91. The number of carbonyl (C=O) groups excluding carboxylic acids is 1. The molecule has 1 aliphatic rings. The number of hydrogen-bond donors (Lipinski definition) is 2. The lowest BCUT2D eigenvalue weighted by Crippen LogP contribution is -2.45. The van der Waals surface area contributed by atoms with Crippen molar-refractivity contribution in [3.05, 3.63) is 22.4 Å². The molecular weight excluding hydrogens is 336 g/mol. The van der Waals surface area contributed by atoms with Gasteiger partial charge in [-0.25, -0.2) is 4.99 Å². The van der Waals surface area contributed by atoms with Crippen LogP contribution in [0.25, 0.3) is 0 Å². The van der Waals surface area contributed by atoms with E-state index in [2.05, 4.69) is 47.0 Å². The van der Waals surface area contributed by atoms with Crippen LogP contribution in [0.3, 0.4) is 0 Å². The minimum Gasteiger partial charge on any atom is -0.381 e. The third-order valence-corrected chi connectivity index (χ3v) is 5.58. The van der Waals surface area contributed by atoms with Gasteiger partial charge in [0, 0.05) is 50.0 Å². The highest BCUT2D eigenvalue weighted by Gasteiger charge is 2.22. The van der Waals surface area contributed by atoms with Gasteiger partial charge in [0.25, 0.3) is 0 Å². The van der Waals surface area contributed by atoms with Crippen molar-refractivity contribution in [2.75, 3.05) is 46.9 Å². The molecule has 2 N–H and O–H groups in total. The number of nitrogens with one attached hydrogen (secondary N) is 2. The summed E-state index contributed by atoms with van der Waals surface area (Å²) in [6.07, 6.45) is 1.07. The Morgan fingerprint density at radius 2 is 2.24 bits per heavy atom. The molecule has 2 heterocycles. The topological polar surface area (TPSA) is 66.0 Å². The Bertz CT molecular complexity index is 564. The summed E-state index contributed by atoms with van der Waals surface area (Å²) in [7, 11) is 3.49. The maximum atomic E-state index is 11.8. The van der Waals surface area contributed by atoms with Crippen molar-refractivity contribution in [1.82, 2.24) is 15.5 Å². The quantitative estimate of drug-likeness (QED) is 0.569. The molecule has 7 heteroatoms. The third-order valence-electron chi connectivity index (χ3n) is 4.34. The van der Waals surface area contributed by atoms with E-state index in [4.69, 9.17) is 4.74 Å². The molecule has 1 fully saturated rings. The number of nitrogens with zero attached hydrogens (tertiary/aromatic N) is 2. The van der Waals surface area contributed by atoms with Gasteiger partial charge in [-0.2, -0.15) is 0 Å². The Balaban J connectivity index is 1.94. The molecule has 140 valence electrons. The number of amides is 1. The monoisotopic (exact) mass is 366 g/mol. The molecule has 0 radical (unpaired) electrons. The van der Waals surface area contributed by atoms with Crippen LogP contribution in [-0.4, -0.2) is 63.7 Å². The van der Waals surface area contributed by atoms with Crippen LogP contribution in [0.1, 0.15) is 25.1 Å². The fourth-order valence-electron chi connectivity index (χ4n) is 2.50. The van der Waals surface area contributed by atoms with Crippen LogP contribution in [0.5, 0.6) is 0 Å². The molecule has 0 bridgehead atoms. The van der Waals surface area contributed by atoms with Gasteiger partial charge in [0.1, 0.15) is 6.54 Å². The molecule has 0 spiro atoms. The Morgan fingerprint density at radius 1 is 1.44 bits per heavy atom. The van der Waals surface area contributed by atoms with Crippen molar-refractivity contribution in [3.8, 4) is 0 Å². The maximum absolute atomic E-state index is 11.8. The normalized spacial score (nSPS) is 18.2. The second-order valence-corrected chi connectivity index (χ2v) is 8.23. The van der Waals surface area contributed by atoms with Gasteiger partial charge < -0.3 is 20.3 Å². The van der Waals surface area contributed by atoms with E-state index >= 15 is 0 Å². The lowest BCUT2D eigenvalue weighted by Gasteiger charge is -2.25. The zero-order chi connectivity index (χ0) is 18.3. The zero-order valence-electron chi connectivity index (χ0n) is 15.7. The van der Waals surface area contributed by atoms with Crippen molar-refractivity contribution in [3.63, 3.8) is 0 Å². The first-order valence-electron chi connectivity index (χ1n) is 8.72. The van der Waals surface area contributed by atoms with Gasteiger partial charge in [0.15, 0.2) is 5.96 Å². The van der Waals surface area contributed by atoms with Crippen molar-refractivity contribution >= 4 is 23.2 Å². The summed E-state index contributed by atoms with van der Waals surface area (Å²) >= 11 is 1.76. The average molecular weight is 367 g/mol. The van der Waals surface area contributed by atoms with Crippen LogP contribution >= 0.6 is 11.3 Å². The molecule has 6 nitrogen and oxygen atoms in total. The third kappa shape index (κ3) is 6.32. The first-order chi connectivity index (χ1) is 11.9. The minimum atomic E-state index is -0.0113. The van der Waals surface area contributed by atoms with Crippen molar-refractivity contribution in [2.24, 2.45) is 10.9 Å². The van der Waals surface area contributed by atoms with Crippen LogP contribution in [0, 0.1) is 5.92 Å². The molecule has 0 saturated carbocycles. The second kappa shape index (κ2) is 9.20. The molecule has 1 aromatic heterocycles. The highest BCUT2D eigenvalue weighted by molar-refractivity contribution is 7.10. The fourth-order valence-corrected chi connectivity index (χ4v) is 3.36. The fraction of sp³-hybridized carbons (Fsp3) is 0.667. The Morgan fingerprint density at radius 3 is 2.84 bits per heavy atom. The SMILES string of the molecule is CN(C)C(=O)CN=C(NCC1CCOC1)NCC(C)(C)c1cccs1. The molecule has 0 aromatic carbocycles. The Hall–Kier alpha value is -1.60. The highest BCUT2D eigenvalue weighted by atomic mass is 32.1. The number of carbonyl (C=O) groups is 1. The number of ether oxygens (including phenoxy) is 1. The van der Waals surface area contributed by atoms with E-state index in [0.717, 1.165) is 32.7 Å². The summed E-state index contributed by atoms with van der Waals surface area (Å²) in [5.41, 5.74) is -0.00135. The number of hydrogen-bond acceptors (Lipinski definition) is 4. The first kappa shape index (κ1) is 19.7. The highest BCUT2D eigenvalue weighted by Crippen LogP contribution is 2.26. The summed E-state index contributed by atoms with van der Waals surface area (Å²) in [5, 5.41) is 8.86. The summed E-state index contributed by atoms with van der Waals surface area (Å²) < 4.78 is 5.42. The van der Waals surface area contributed by atoms with Crippen LogP contribution in [0.4, 0.5) is 0 Å². The summed E-state index contributed by atoms with van der Waals surface area (Å²) in [6.45, 7) is 7.73. The number of likely N-dealkylation sites (N-methyl/N-ethyl adjacent to an activating group) is 1. The maximum Gasteiger partial charge on any atom is 0.243 e. The molecule has 0 aliphatic carbocycles. The predicted molar refractivity (Wildman–Crippen MR) is 103 cm³/mol. The number of guanidine groups is 1. The predicted octanol–water partition coefficient (Wildman–Crippen LogP) is 1.69. The number of rotatable bonds is 7. The van der Waals surface area contributed by atoms with E-state index < -0.39 is 0 Å².